The number of nitrogens with zero attached hydrogens (tertiary/aromatic N) is 2. The average molecular weight is 458 g/mol. The Morgan fingerprint density at radius 1 is 1.09 bits per heavy atom. The summed E-state index contributed by atoms with van der Waals surface area (Å²) in [6.07, 6.45) is 3.90. The van der Waals surface area contributed by atoms with Gasteiger partial charge in [0.15, 0.2) is 14.6 Å². The molecular formula is C24H31N3O4S. The lowest BCUT2D eigenvalue weighted by atomic mass is 10.1. The zero-order valence-electron chi connectivity index (χ0n) is 18.8. The lowest BCUT2D eigenvalue weighted by Crippen LogP contribution is -2.50. The largest absolute Gasteiger partial charge is 0.378 e. The van der Waals surface area contributed by atoms with Gasteiger partial charge in [-0.1, -0.05) is 25.0 Å². The first kappa shape index (κ1) is 22.7. The second-order valence-electron chi connectivity index (χ2n) is 8.76. The summed E-state index contributed by atoms with van der Waals surface area (Å²) in [5.41, 5.74) is 2.78. The lowest BCUT2D eigenvalue weighted by Gasteiger charge is -2.28. The zero-order chi connectivity index (χ0) is 22.8. The molecule has 1 saturated carbocycles. The van der Waals surface area contributed by atoms with Gasteiger partial charge < -0.3 is 15.0 Å². The van der Waals surface area contributed by atoms with Crippen LogP contribution in [-0.2, 0) is 25.9 Å². The third kappa shape index (κ3) is 4.26. The molecule has 2 heterocycles. The van der Waals surface area contributed by atoms with Gasteiger partial charge in [0.05, 0.1) is 18.1 Å². The fraction of sp³-hybridized carbons (Fsp3) is 0.500. The van der Waals surface area contributed by atoms with E-state index in [4.69, 9.17) is 4.74 Å². The van der Waals surface area contributed by atoms with Crippen LogP contribution in [0.15, 0.2) is 41.4 Å². The summed E-state index contributed by atoms with van der Waals surface area (Å²) in [4.78, 5) is 20.2. The van der Waals surface area contributed by atoms with Gasteiger partial charge in [-0.25, -0.2) is 13.4 Å². The third-order valence-electron chi connectivity index (χ3n) is 6.73. The third-order valence-corrected chi connectivity index (χ3v) is 9.22. The summed E-state index contributed by atoms with van der Waals surface area (Å²) in [6, 6.07) is 8.98. The van der Waals surface area contributed by atoms with Crippen molar-refractivity contribution in [3.05, 3.63) is 53.2 Å². The Kier molecular flexibility index (Phi) is 6.53. The number of sulfone groups is 1. The van der Waals surface area contributed by atoms with E-state index in [1.165, 1.54) is 0 Å². The number of aryl methyl sites for hydroxylation is 2. The van der Waals surface area contributed by atoms with Crippen LogP contribution >= 0.6 is 0 Å². The maximum absolute atomic E-state index is 13.6. The molecule has 0 unspecified atom stereocenters. The maximum atomic E-state index is 13.6. The Bertz CT molecular complexity index is 1070. The summed E-state index contributed by atoms with van der Waals surface area (Å²) in [6.45, 7) is 7.09. The molecule has 8 heteroatoms. The fourth-order valence-corrected chi connectivity index (χ4v) is 6.69. The van der Waals surface area contributed by atoms with Crippen LogP contribution in [0.5, 0.6) is 0 Å². The molecule has 1 amide bonds. The normalized spacial score (nSPS) is 18.5. The molecule has 7 nitrogen and oxygen atoms in total. The Morgan fingerprint density at radius 3 is 2.44 bits per heavy atom. The van der Waals surface area contributed by atoms with E-state index in [0.29, 0.717) is 26.1 Å². The Balaban J connectivity index is 1.49. The topological polar surface area (TPSA) is 88.6 Å². The van der Waals surface area contributed by atoms with Crippen LogP contribution in [0.1, 0.15) is 42.4 Å². The van der Waals surface area contributed by atoms with Crippen LogP contribution in [0, 0.1) is 13.8 Å². The number of amides is 1. The first-order valence-electron chi connectivity index (χ1n) is 11.2. The van der Waals surface area contributed by atoms with E-state index >= 15 is 0 Å². The van der Waals surface area contributed by atoms with E-state index in [1.54, 1.807) is 18.3 Å². The average Bonchev–Trinajstić information content (AvgIpc) is 3.32. The van der Waals surface area contributed by atoms with E-state index in [9.17, 15) is 13.2 Å². The quantitative estimate of drug-likeness (QED) is 0.718. The Labute approximate surface area is 190 Å². The smallest absolute Gasteiger partial charge is 0.242 e. The van der Waals surface area contributed by atoms with Crippen molar-refractivity contribution in [3.63, 3.8) is 0 Å². The monoisotopic (exact) mass is 457 g/mol. The van der Waals surface area contributed by atoms with Crippen LogP contribution in [-0.4, -0.2) is 50.4 Å². The number of aromatic nitrogens is 1. The van der Waals surface area contributed by atoms with Crippen molar-refractivity contribution in [3.8, 4) is 0 Å². The molecule has 1 saturated heterocycles. The lowest BCUT2D eigenvalue weighted by molar-refractivity contribution is -0.123. The minimum absolute atomic E-state index is 0.231. The second kappa shape index (κ2) is 9.19. The number of carbonyl (C=O) groups excluding carboxylic acids is 1. The molecule has 1 aromatic heterocycles. The number of pyridine rings is 1. The predicted molar refractivity (Wildman–Crippen MR) is 123 cm³/mol. The van der Waals surface area contributed by atoms with Gasteiger partial charge in [-0.15, -0.1) is 0 Å². The van der Waals surface area contributed by atoms with Crippen LogP contribution < -0.4 is 10.2 Å². The summed E-state index contributed by atoms with van der Waals surface area (Å²) < 4.78 is 31.2. The molecule has 1 aliphatic carbocycles. The predicted octanol–water partition coefficient (Wildman–Crippen LogP) is 2.94. The highest BCUT2D eigenvalue weighted by Crippen LogP contribution is 2.41. The summed E-state index contributed by atoms with van der Waals surface area (Å²) in [5, 5.41) is 2.89. The Morgan fingerprint density at radius 2 is 1.81 bits per heavy atom. The van der Waals surface area contributed by atoms with E-state index in [2.05, 4.69) is 15.2 Å². The number of anilines is 1. The van der Waals surface area contributed by atoms with Crippen LogP contribution in [0.2, 0.25) is 0 Å². The number of hydrogen-bond donors (Lipinski definition) is 1. The minimum Gasteiger partial charge on any atom is -0.378 e. The fourth-order valence-electron chi connectivity index (χ4n) is 4.51. The van der Waals surface area contributed by atoms with Crippen molar-refractivity contribution < 1.29 is 17.9 Å². The van der Waals surface area contributed by atoms with Crippen molar-refractivity contribution in [2.24, 2.45) is 0 Å². The highest BCUT2D eigenvalue weighted by atomic mass is 32.2. The summed E-state index contributed by atoms with van der Waals surface area (Å²) >= 11 is 0. The Hall–Kier alpha value is -2.45. The highest BCUT2D eigenvalue weighted by molar-refractivity contribution is 7.93. The molecular weight excluding hydrogens is 426 g/mol. The minimum atomic E-state index is -3.81. The number of ether oxygens (including phenoxy) is 1. The molecule has 4 rings (SSSR count). The molecule has 2 fully saturated rings. The van der Waals surface area contributed by atoms with Crippen LogP contribution in [0.4, 0.5) is 5.82 Å². The van der Waals surface area contributed by atoms with Crippen molar-refractivity contribution >= 4 is 21.6 Å². The van der Waals surface area contributed by atoms with Crippen molar-refractivity contribution in [1.29, 1.82) is 0 Å². The zero-order valence-corrected chi connectivity index (χ0v) is 19.6. The van der Waals surface area contributed by atoms with Gasteiger partial charge in [0.1, 0.15) is 5.82 Å². The first-order valence-corrected chi connectivity index (χ1v) is 12.7. The molecule has 0 bridgehead atoms. The van der Waals surface area contributed by atoms with Gasteiger partial charge >= 0.3 is 0 Å². The molecule has 1 aromatic carbocycles. The molecule has 0 spiro atoms. The molecule has 2 aromatic rings. The molecule has 1 aliphatic heterocycles. The molecule has 2 aliphatic rings. The van der Waals surface area contributed by atoms with Crippen LogP contribution in [0.3, 0.4) is 0 Å². The summed E-state index contributed by atoms with van der Waals surface area (Å²) in [7, 11) is -3.81. The summed E-state index contributed by atoms with van der Waals surface area (Å²) in [5.74, 6) is 0.471. The SMILES string of the molecule is Cc1ccc(S(=O)(=O)C2(C(=O)NCc3ccc(N4CCOCC4)nc3)CCCC2)cc1C. The first-order chi connectivity index (χ1) is 15.3. The van der Waals surface area contributed by atoms with E-state index < -0.39 is 20.5 Å². The second-order valence-corrected chi connectivity index (χ2v) is 11.0. The number of benzene rings is 1. The number of rotatable bonds is 6. The number of nitrogens with one attached hydrogen (secondary N) is 1. The molecule has 0 radical (unpaired) electrons. The molecule has 0 atom stereocenters. The maximum Gasteiger partial charge on any atom is 0.242 e. The molecule has 172 valence electrons. The van der Waals surface area contributed by atoms with Crippen molar-refractivity contribution in [2.75, 3.05) is 31.2 Å². The molecule has 32 heavy (non-hydrogen) atoms. The molecule has 1 N–H and O–H groups in total. The number of morpholine rings is 1. The van der Waals surface area contributed by atoms with Gasteiger partial charge in [0.2, 0.25) is 5.91 Å². The van der Waals surface area contributed by atoms with Crippen molar-refractivity contribution in [2.45, 2.75) is 55.7 Å². The highest BCUT2D eigenvalue weighted by Gasteiger charge is 2.52. The number of hydrogen-bond acceptors (Lipinski definition) is 6. The van der Waals surface area contributed by atoms with Gasteiger partial charge in [-0.05, 0) is 61.6 Å². The van der Waals surface area contributed by atoms with E-state index in [0.717, 1.165) is 48.4 Å². The van der Waals surface area contributed by atoms with Gasteiger partial charge in [0, 0.05) is 25.8 Å². The van der Waals surface area contributed by atoms with Gasteiger partial charge in [0.25, 0.3) is 0 Å². The van der Waals surface area contributed by atoms with Crippen molar-refractivity contribution in [1.82, 2.24) is 10.3 Å². The van der Waals surface area contributed by atoms with Crippen LogP contribution in [0.25, 0.3) is 0 Å². The van der Waals surface area contributed by atoms with E-state index in [1.807, 2.05) is 32.0 Å². The van der Waals surface area contributed by atoms with Gasteiger partial charge in [-0.3, -0.25) is 4.79 Å². The van der Waals surface area contributed by atoms with Gasteiger partial charge in [-0.2, -0.15) is 0 Å². The van der Waals surface area contributed by atoms with E-state index in [-0.39, 0.29) is 11.4 Å². The number of carbonyl (C=O) groups is 1. The standard InChI is InChI=1S/C24H31N3O4S/c1-18-5-7-21(15-19(18)2)32(29,30)24(9-3-4-10-24)23(28)26-17-20-6-8-22(25-16-20)27-11-13-31-14-12-27/h5-8,15-16H,3-4,9-14,17H2,1-2H3,(H,26,28).